The van der Waals surface area contributed by atoms with Crippen molar-refractivity contribution in [2.75, 3.05) is 19.5 Å². The molecule has 5 rings (SSSR count). The first-order chi connectivity index (χ1) is 19.0. The van der Waals surface area contributed by atoms with E-state index < -0.39 is 0 Å². The van der Waals surface area contributed by atoms with E-state index in [0.717, 1.165) is 33.3 Å². The van der Waals surface area contributed by atoms with Crippen LogP contribution in [0.4, 0.5) is 15.9 Å². The number of amides is 1. The number of nitrogens with one attached hydrogen (secondary N) is 2. The zero-order chi connectivity index (χ0) is 27.2. The Balaban J connectivity index is 1.29. The number of carbonyl (C=O) groups is 1. The van der Waals surface area contributed by atoms with E-state index in [9.17, 15) is 9.18 Å². The number of rotatable bonds is 9. The Morgan fingerprint density at radius 3 is 2.31 bits per heavy atom. The number of nitrogens with zero attached hydrogens (tertiary/aromatic N) is 2. The standard InChI is InChI=1S/C31H27FN4O3/c1-38-28-17-26-22(13-15-33-27(26)18-29(28)39-2)16-20-7-11-24(12-8-20)36-30-25(4-3-14-34-30)31(37)35-19-21-5-9-23(32)10-6-21/h3-15,17-18H,16,19H2,1-2H3,(H,34,36)(H,35,37). The summed E-state index contributed by atoms with van der Waals surface area (Å²) in [6.07, 6.45) is 4.13. The Morgan fingerprint density at radius 1 is 0.846 bits per heavy atom. The minimum Gasteiger partial charge on any atom is -0.493 e. The molecule has 0 saturated heterocycles. The quantitative estimate of drug-likeness (QED) is 0.245. The fraction of sp³-hybridized carbons (Fsp3) is 0.129. The van der Waals surface area contributed by atoms with Crippen LogP contribution < -0.4 is 20.1 Å². The van der Waals surface area contributed by atoms with Crippen molar-refractivity contribution in [1.82, 2.24) is 15.3 Å². The second-order valence-corrected chi connectivity index (χ2v) is 8.90. The molecule has 0 fully saturated rings. The number of anilines is 2. The Labute approximate surface area is 225 Å². The van der Waals surface area contributed by atoms with Crippen molar-refractivity contribution >= 4 is 28.3 Å². The van der Waals surface area contributed by atoms with Crippen LogP contribution in [0, 0.1) is 5.82 Å². The molecule has 0 spiro atoms. The van der Waals surface area contributed by atoms with Gasteiger partial charge in [-0.05, 0) is 71.6 Å². The van der Waals surface area contributed by atoms with E-state index in [1.807, 2.05) is 42.5 Å². The molecule has 0 aliphatic heterocycles. The van der Waals surface area contributed by atoms with Gasteiger partial charge in [0.2, 0.25) is 0 Å². The second-order valence-electron chi connectivity index (χ2n) is 8.90. The van der Waals surface area contributed by atoms with Crippen molar-refractivity contribution in [2.45, 2.75) is 13.0 Å². The maximum atomic E-state index is 13.1. The van der Waals surface area contributed by atoms with Crippen LogP contribution in [0.25, 0.3) is 10.9 Å². The molecule has 0 atom stereocenters. The zero-order valence-electron chi connectivity index (χ0n) is 21.6. The molecule has 2 heterocycles. The van der Waals surface area contributed by atoms with Gasteiger partial charge in [0.25, 0.3) is 5.91 Å². The first-order valence-corrected chi connectivity index (χ1v) is 12.4. The number of aromatic nitrogens is 2. The van der Waals surface area contributed by atoms with Gasteiger partial charge in [-0.1, -0.05) is 24.3 Å². The Kier molecular flexibility index (Phi) is 7.63. The van der Waals surface area contributed by atoms with Crippen molar-refractivity contribution in [3.8, 4) is 11.5 Å². The summed E-state index contributed by atoms with van der Waals surface area (Å²) < 4.78 is 24.0. The van der Waals surface area contributed by atoms with Gasteiger partial charge in [-0.3, -0.25) is 9.78 Å². The monoisotopic (exact) mass is 522 g/mol. The number of halogens is 1. The molecule has 0 saturated carbocycles. The first-order valence-electron chi connectivity index (χ1n) is 12.4. The Morgan fingerprint density at radius 2 is 1.56 bits per heavy atom. The number of ether oxygens (including phenoxy) is 2. The molecule has 0 aliphatic carbocycles. The zero-order valence-corrected chi connectivity index (χ0v) is 21.6. The smallest absolute Gasteiger partial charge is 0.255 e. The lowest BCUT2D eigenvalue weighted by Crippen LogP contribution is -2.24. The second kappa shape index (κ2) is 11.6. The minimum atomic E-state index is -0.315. The summed E-state index contributed by atoms with van der Waals surface area (Å²) >= 11 is 0. The number of methoxy groups -OCH3 is 2. The summed E-state index contributed by atoms with van der Waals surface area (Å²) in [6, 6.07) is 23.3. The van der Waals surface area contributed by atoms with Crippen LogP contribution in [0.3, 0.4) is 0 Å². The maximum absolute atomic E-state index is 13.1. The van der Waals surface area contributed by atoms with Crippen molar-refractivity contribution in [3.63, 3.8) is 0 Å². The molecule has 5 aromatic rings. The molecule has 0 aliphatic rings. The van der Waals surface area contributed by atoms with Crippen LogP contribution in [-0.4, -0.2) is 30.1 Å². The molecule has 8 heteroatoms. The summed E-state index contributed by atoms with van der Waals surface area (Å²) in [5, 5.41) is 7.11. The third-order valence-electron chi connectivity index (χ3n) is 6.37. The van der Waals surface area contributed by atoms with E-state index in [-0.39, 0.29) is 18.3 Å². The van der Waals surface area contributed by atoms with E-state index in [0.29, 0.717) is 29.3 Å². The number of hydrogen-bond acceptors (Lipinski definition) is 6. The summed E-state index contributed by atoms with van der Waals surface area (Å²) in [5.41, 5.74) is 5.09. The van der Waals surface area contributed by atoms with Crippen LogP contribution in [-0.2, 0) is 13.0 Å². The average molecular weight is 523 g/mol. The van der Waals surface area contributed by atoms with Crippen molar-refractivity contribution in [2.24, 2.45) is 0 Å². The molecular weight excluding hydrogens is 495 g/mol. The molecule has 196 valence electrons. The number of pyridine rings is 2. The fourth-order valence-electron chi connectivity index (χ4n) is 4.31. The molecule has 3 aromatic carbocycles. The fourth-order valence-corrected chi connectivity index (χ4v) is 4.31. The third kappa shape index (κ3) is 5.96. The van der Waals surface area contributed by atoms with Crippen LogP contribution >= 0.6 is 0 Å². The highest BCUT2D eigenvalue weighted by molar-refractivity contribution is 5.99. The molecule has 2 N–H and O–H groups in total. The topological polar surface area (TPSA) is 85.4 Å². The largest absolute Gasteiger partial charge is 0.493 e. The van der Waals surface area contributed by atoms with Gasteiger partial charge >= 0.3 is 0 Å². The number of fused-ring (bicyclic) bond motifs is 1. The van der Waals surface area contributed by atoms with E-state index in [2.05, 4.69) is 20.6 Å². The maximum Gasteiger partial charge on any atom is 0.255 e. The molecular formula is C31H27FN4O3. The predicted molar refractivity (Wildman–Crippen MR) is 149 cm³/mol. The average Bonchev–Trinajstić information content (AvgIpc) is 2.97. The Hall–Kier alpha value is -4.98. The van der Waals surface area contributed by atoms with E-state index in [1.54, 1.807) is 50.9 Å². The lowest BCUT2D eigenvalue weighted by molar-refractivity contribution is 0.0951. The molecule has 39 heavy (non-hydrogen) atoms. The van der Waals surface area contributed by atoms with Crippen molar-refractivity contribution in [3.05, 3.63) is 119 Å². The molecule has 7 nitrogen and oxygen atoms in total. The van der Waals surface area contributed by atoms with Gasteiger partial charge < -0.3 is 20.1 Å². The summed E-state index contributed by atoms with van der Waals surface area (Å²) in [6.45, 7) is 0.282. The summed E-state index contributed by atoms with van der Waals surface area (Å²) in [5.74, 6) is 1.16. The lowest BCUT2D eigenvalue weighted by atomic mass is 10.0. The number of benzene rings is 3. The number of hydrogen-bond donors (Lipinski definition) is 2. The highest BCUT2D eigenvalue weighted by Crippen LogP contribution is 2.33. The van der Waals surface area contributed by atoms with Gasteiger partial charge in [-0.2, -0.15) is 0 Å². The Bertz CT molecular complexity index is 1610. The van der Waals surface area contributed by atoms with E-state index in [1.165, 1.54) is 12.1 Å². The van der Waals surface area contributed by atoms with Gasteiger partial charge in [-0.25, -0.2) is 9.37 Å². The van der Waals surface area contributed by atoms with Gasteiger partial charge in [0.05, 0.1) is 25.3 Å². The summed E-state index contributed by atoms with van der Waals surface area (Å²) in [4.78, 5) is 21.7. The van der Waals surface area contributed by atoms with Crippen LogP contribution in [0.2, 0.25) is 0 Å². The van der Waals surface area contributed by atoms with E-state index in [4.69, 9.17) is 9.47 Å². The molecule has 0 bridgehead atoms. The SMILES string of the molecule is COc1cc2nccc(Cc3ccc(Nc4ncccc4C(=O)NCc4ccc(F)cc4)cc3)c2cc1OC. The van der Waals surface area contributed by atoms with Crippen LogP contribution in [0.1, 0.15) is 27.0 Å². The summed E-state index contributed by atoms with van der Waals surface area (Å²) in [7, 11) is 3.23. The van der Waals surface area contributed by atoms with Gasteiger partial charge in [-0.15, -0.1) is 0 Å². The predicted octanol–water partition coefficient (Wildman–Crippen LogP) is 6.05. The van der Waals surface area contributed by atoms with Crippen LogP contribution in [0.5, 0.6) is 11.5 Å². The molecule has 1 amide bonds. The number of carbonyl (C=O) groups excluding carboxylic acids is 1. The highest BCUT2D eigenvalue weighted by atomic mass is 19.1. The minimum absolute atomic E-state index is 0.275. The van der Waals surface area contributed by atoms with Crippen LogP contribution in [0.15, 0.2) is 91.3 Å². The van der Waals surface area contributed by atoms with Gasteiger partial charge in [0.1, 0.15) is 11.6 Å². The lowest BCUT2D eigenvalue weighted by Gasteiger charge is -2.13. The highest BCUT2D eigenvalue weighted by Gasteiger charge is 2.13. The van der Waals surface area contributed by atoms with Gasteiger partial charge in [0, 0.05) is 36.1 Å². The van der Waals surface area contributed by atoms with Crippen molar-refractivity contribution in [1.29, 1.82) is 0 Å². The molecule has 0 radical (unpaired) electrons. The molecule has 2 aromatic heterocycles. The van der Waals surface area contributed by atoms with E-state index >= 15 is 0 Å². The normalized spacial score (nSPS) is 10.7. The first kappa shape index (κ1) is 25.7. The van der Waals surface area contributed by atoms with Crippen molar-refractivity contribution < 1.29 is 18.7 Å². The molecule has 0 unspecified atom stereocenters. The van der Waals surface area contributed by atoms with Gasteiger partial charge in [0.15, 0.2) is 11.5 Å². The third-order valence-corrected chi connectivity index (χ3v) is 6.37.